The molecule has 0 saturated carbocycles. The zero-order valence-corrected chi connectivity index (χ0v) is 61.3. The highest BCUT2D eigenvalue weighted by Crippen LogP contribution is 2.31. The number of rotatable bonds is 12. The molecule has 21 nitrogen and oxygen atoms in total. The van der Waals surface area contributed by atoms with Gasteiger partial charge in [-0.3, -0.25) is 38.7 Å². The molecular weight excluding hydrogens is 1370 g/mol. The minimum atomic E-state index is -0.894. The fourth-order valence-electron chi connectivity index (χ4n) is 13.2. The molecule has 3 aromatic heterocycles. The molecule has 8 aromatic carbocycles. The van der Waals surface area contributed by atoms with Crippen LogP contribution in [-0.4, -0.2) is 153 Å². The molecule has 560 valence electrons. The van der Waals surface area contributed by atoms with Gasteiger partial charge < -0.3 is 56.2 Å². The van der Waals surface area contributed by atoms with E-state index >= 15 is 0 Å². The number of carboxylic acid groups (broad SMARTS) is 2. The summed E-state index contributed by atoms with van der Waals surface area (Å²) in [5, 5.41) is 20.9. The summed E-state index contributed by atoms with van der Waals surface area (Å²) in [4.78, 5) is 104. The summed E-state index contributed by atoms with van der Waals surface area (Å²) in [6.07, 6.45) is 12.8. The number of anilines is 2. The van der Waals surface area contributed by atoms with Crippen LogP contribution < -0.4 is 16.8 Å². The van der Waals surface area contributed by atoms with E-state index in [2.05, 4.69) is 49.3 Å². The fraction of sp³-hybridized carbons (Fsp3) is 0.250. The van der Waals surface area contributed by atoms with Crippen LogP contribution in [0.2, 0.25) is 0 Å². The number of aromatic amines is 1. The first-order valence-corrected chi connectivity index (χ1v) is 36.6. The molecule has 0 atom stereocenters. The number of esters is 2. The summed E-state index contributed by atoms with van der Waals surface area (Å²) in [5.74, 6) is -0.664. The van der Waals surface area contributed by atoms with Crippen LogP contribution in [0.15, 0.2) is 255 Å². The number of methoxy groups -OCH3 is 2. The molecule has 7 heterocycles. The van der Waals surface area contributed by atoms with E-state index in [0.717, 1.165) is 119 Å². The predicted molar refractivity (Wildman–Crippen MR) is 424 cm³/mol. The first-order valence-electron chi connectivity index (χ1n) is 36.6. The number of carboxylic acids is 2. The number of imidazole rings is 1. The van der Waals surface area contributed by atoms with Gasteiger partial charge in [0.2, 0.25) is 0 Å². The van der Waals surface area contributed by atoms with E-state index in [1.165, 1.54) is 20.4 Å². The molecule has 0 radical (unpaired) electrons. The summed E-state index contributed by atoms with van der Waals surface area (Å²) in [7, 11) is 2.86. The minimum Gasteiger partial charge on any atom is -0.481 e. The standard InChI is InChI=1S/C24H22N4O.C20H21NO3.C19H19NO3.C13H10O2.C7H13NO2.C5H7N3/c29-24(20-8-6-18(7-9-20)17-4-2-1-3-5-17)28-14-11-19(12-15-28)23-26-21-10-13-25-16-22(21)27-23;1-24-20(23)18-11-13-21(14-12-18)19(22)17-9-7-16(8-10-17)15-5-3-2-4-6-15;21-18(20-12-10-17(11-13-20)19(22)23)16-8-6-15(7-9-16)14-4-2-1-3-5-14;14-13(15)12-8-6-11(7-9-12)10-4-2-1-3-5-10;1-10-7(9)6-2-4-8-5-3-6;6-4-1-2-8-3-5(4)7/h1-10,13,16,19H,11-12,14-15H2,(H,26,27);2-10,18H,11-14H2,1H3;1-9,17H,10-13H2,(H,22,23);1-9H,(H,14,15);6,8H,2-5H2,1H3;1-3H,7H2,(H2,6,8). The predicted octanol–water partition coefficient (Wildman–Crippen LogP) is 14.8. The number of aliphatic carboxylic acids is 1. The van der Waals surface area contributed by atoms with E-state index in [1.807, 2.05) is 204 Å². The number of nitrogens with zero attached hydrogens (tertiary/aromatic N) is 6. The van der Waals surface area contributed by atoms with Crippen molar-refractivity contribution in [3.8, 4) is 44.5 Å². The Balaban J connectivity index is 0.000000146. The number of hydrogen-bond donors (Lipinski definition) is 6. The van der Waals surface area contributed by atoms with Gasteiger partial charge in [-0.25, -0.2) is 9.78 Å². The Morgan fingerprint density at radius 1 is 0.385 bits per heavy atom. The smallest absolute Gasteiger partial charge is 0.335 e. The number of pyridine rings is 2. The van der Waals surface area contributed by atoms with E-state index in [9.17, 15) is 33.6 Å². The lowest BCUT2D eigenvalue weighted by molar-refractivity contribution is -0.147. The van der Waals surface area contributed by atoms with Crippen molar-refractivity contribution in [1.29, 1.82) is 0 Å². The summed E-state index contributed by atoms with van der Waals surface area (Å²) >= 11 is 0. The lowest BCUT2D eigenvalue weighted by atomic mass is 9.95. The average Bonchev–Trinajstić information content (AvgIpc) is 1.79. The normalized spacial score (nSPS) is 14.5. The maximum Gasteiger partial charge on any atom is 0.335 e. The molecule has 0 aliphatic carbocycles. The van der Waals surface area contributed by atoms with Crippen LogP contribution in [0.4, 0.5) is 11.4 Å². The van der Waals surface area contributed by atoms with Gasteiger partial charge in [-0.15, -0.1) is 0 Å². The number of hydrogen-bond acceptors (Lipinski definition) is 15. The Hall–Kier alpha value is -12.6. The maximum atomic E-state index is 12.9. The quantitative estimate of drug-likeness (QED) is 0.0619. The van der Waals surface area contributed by atoms with Crippen molar-refractivity contribution in [2.24, 2.45) is 17.8 Å². The fourth-order valence-corrected chi connectivity index (χ4v) is 13.2. The van der Waals surface area contributed by atoms with Gasteiger partial charge in [0, 0.05) is 74.3 Å². The molecule has 15 rings (SSSR count). The number of carbonyl (C=O) groups excluding carboxylic acids is 5. The Morgan fingerprint density at radius 3 is 1.05 bits per heavy atom. The van der Waals surface area contributed by atoms with Gasteiger partial charge in [-0.1, -0.05) is 170 Å². The largest absolute Gasteiger partial charge is 0.481 e. The summed E-state index contributed by atoms with van der Waals surface area (Å²) in [6, 6.07) is 73.8. The SMILES string of the molecule is COC(=O)C1CCN(C(=O)c2ccc(-c3ccccc3)cc2)CC1.COC(=O)C1CCNCC1.Nc1ccncc1N.O=C(O)C1CCN(C(=O)c2ccc(-c3ccccc3)cc2)CC1.O=C(O)c1ccc(-c2ccccc2)cc1.O=C(c1ccc(-c2ccccc2)cc1)N1CCC(c2nc3ccncc3[nH]2)CC1. The number of carbonyl (C=O) groups is 7. The lowest BCUT2D eigenvalue weighted by Crippen LogP contribution is -2.40. The van der Waals surface area contributed by atoms with Crippen LogP contribution in [0.1, 0.15) is 105 Å². The third kappa shape index (κ3) is 22.7. The van der Waals surface area contributed by atoms with Crippen molar-refractivity contribution in [2.75, 3.05) is 78.0 Å². The first kappa shape index (κ1) is 79.0. The molecule has 0 bridgehead atoms. The number of amides is 3. The molecule has 0 unspecified atom stereocenters. The number of nitrogens with two attached hydrogens (primary N) is 2. The number of aromatic nitrogens is 4. The molecule has 3 amide bonds. The lowest BCUT2D eigenvalue weighted by Gasteiger charge is -2.31. The van der Waals surface area contributed by atoms with Crippen LogP contribution in [0.25, 0.3) is 55.5 Å². The van der Waals surface area contributed by atoms with Crippen LogP contribution in [0.5, 0.6) is 0 Å². The molecular formula is C88H92N10O11. The summed E-state index contributed by atoms with van der Waals surface area (Å²) < 4.78 is 9.41. The van der Waals surface area contributed by atoms with Crippen LogP contribution in [0.3, 0.4) is 0 Å². The number of nitrogens with one attached hydrogen (secondary N) is 2. The first-order chi connectivity index (χ1) is 53.0. The Labute approximate surface area is 635 Å². The number of piperidine rings is 4. The van der Waals surface area contributed by atoms with E-state index in [1.54, 1.807) is 35.5 Å². The van der Waals surface area contributed by atoms with Gasteiger partial charge in [0.1, 0.15) is 5.82 Å². The number of fused-ring (bicyclic) bond motifs is 1. The van der Waals surface area contributed by atoms with E-state index < -0.39 is 11.9 Å². The number of benzene rings is 8. The maximum absolute atomic E-state index is 12.9. The summed E-state index contributed by atoms with van der Waals surface area (Å²) in [6.45, 7) is 5.60. The second kappa shape index (κ2) is 40.2. The second-order valence-electron chi connectivity index (χ2n) is 26.7. The molecule has 21 heteroatoms. The van der Waals surface area contributed by atoms with Crippen molar-refractivity contribution in [3.63, 3.8) is 0 Å². The highest BCUT2D eigenvalue weighted by molar-refractivity contribution is 5.96. The van der Waals surface area contributed by atoms with Gasteiger partial charge in [0.15, 0.2) is 0 Å². The topological polar surface area (TPSA) is 307 Å². The molecule has 109 heavy (non-hydrogen) atoms. The van der Waals surface area contributed by atoms with Crippen molar-refractivity contribution >= 4 is 64.0 Å². The minimum absolute atomic E-state index is 0.0200. The van der Waals surface area contributed by atoms with Gasteiger partial charge in [0.05, 0.1) is 72.3 Å². The van der Waals surface area contributed by atoms with Crippen molar-refractivity contribution in [3.05, 3.63) is 283 Å². The second-order valence-corrected chi connectivity index (χ2v) is 26.7. The average molecular weight is 1470 g/mol. The van der Waals surface area contributed by atoms with Crippen LogP contribution in [0, 0.1) is 17.8 Å². The molecule has 4 fully saturated rings. The molecule has 4 saturated heterocycles. The molecule has 4 aliphatic rings. The number of aromatic carboxylic acids is 1. The van der Waals surface area contributed by atoms with Gasteiger partial charge >= 0.3 is 23.9 Å². The summed E-state index contributed by atoms with van der Waals surface area (Å²) in [5.41, 5.74) is 25.0. The number of ether oxygens (including phenoxy) is 2. The van der Waals surface area contributed by atoms with Crippen LogP contribution >= 0.6 is 0 Å². The zero-order valence-electron chi connectivity index (χ0n) is 61.3. The van der Waals surface area contributed by atoms with Crippen molar-refractivity contribution in [1.82, 2.24) is 40.0 Å². The Kier molecular flexibility index (Phi) is 29.1. The highest BCUT2D eigenvalue weighted by Gasteiger charge is 2.31. The van der Waals surface area contributed by atoms with Gasteiger partial charge in [0.25, 0.3) is 17.7 Å². The highest BCUT2D eigenvalue weighted by atomic mass is 16.5. The third-order valence-electron chi connectivity index (χ3n) is 19.6. The number of nitrogen functional groups attached to an aromatic ring is 2. The Bertz CT molecular complexity index is 4660. The van der Waals surface area contributed by atoms with E-state index in [-0.39, 0.29) is 47.4 Å². The molecule has 0 spiro atoms. The number of likely N-dealkylation sites (tertiary alicyclic amines) is 3. The zero-order chi connectivity index (χ0) is 76.9. The van der Waals surface area contributed by atoms with Crippen LogP contribution in [-0.2, 0) is 23.9 Å². The number of H-pyrrole nitrogens is 1. The van der Waals surface area contributed by atoms with E-state index in [4.69, 9.17) is 31.4 Å². The van der Waals surface area contributed by atoms with Gasteiger partial charge in [-0.2, -0.15) is 0 Å². The van der Waals surface area contributed by atoms with Crippen molar-refractivity contribution < 1.29 is 53.2 Å². The molecule has 11 aromatic rings. The third-order valence-corrected chi connectivity index (χ3v) is 19.6. The van der Waals surface area contributed by atoms with Gasteiger partial charge in [-0.05, 0) is 170 Å². The van der Waals surface area contributed by atoms with E-state index in [0.29, 0.717) is 85.8 Å². The molecule has 4 aliphatic heterocycles. The monoisotopic (exact) mass is 1460 g/mol. The van der Waals surface area contributed by atoms with Crippen molar-refractivity contribution in [2.45, 2.75) is 57.3 Å². The Morgan fingerprint density at radius 2 is 0.716 bits per heavy atom. The molecule has 8 N–H and O–H groups in total.